The number of urea groups is 1. The molecule has 4 atom stereocenters. The molecule has 0 bridgehead atoms. The number of hydrogen-bond acceptors (Lipinski definition) is 6. The van der Waals surface area contributed by atoms with E-state index >= 15 is 0 Å². The maximum absolute atomic E-state index is 11.9. The third kappa shape index (κ3) is 9.64. The number of carbonyl (C=O) groups excluding carboxylic acids is 2. The summed E-state index contributed by atoms with van der Waals surface area (Å²) < 4.78 is 21.5. The predicted molar refractivity (Wildman–Crippen MR) is 115 cm³/mol. The first-order valence-corrected chi connectivity index (χ1v) is 12.8. The first-order valence-electron chi connectivity index (χ1n) is 10.7. The maximum Gasteiger partial charge on any atom is 0.697 e. The molecule has 2 rings (SSSR count). The molecule has 0 spiro atoms. The van der Waals surface area contributed by atoms with Crippen LogP contribution in [0.25, 0.3) is 0 Å². The molecule has 166 valence electrons. The lowest BCUT2D eigenvalue weighted by Gasteiger charge is -2.16. The van der Waals surface area contributed by atoms with Crippen LogP contribution < -0.4 is 16.0 Å². The van der Waals surface area contributed by atoms with Gasteiger partial charge in [-0.1, -0.05) is 19.3 Å². The lowest BCUT2D eigenvalue weighted by Crippen LogP contribution is -2.36. The molecule has 2 aliphatic rings. The van der Waals surface area contributed by atoms with Crippen LogP contribution in [-0.2, 0) is 18.4 Å². The summed E-state index contributed by atoms with van der Waals surface area (Å²) in [5, 5.41) is 9.39. The first-order chi connectivity index (χ1) is 14.0. The number of amides is 3. The Morgan fingerprint density at radius 3 is 2.79 bits per heavy atom. The van der Waals surface area contributed by atoms with Crippen LogP contribution in [0.1, 0.15) is 65.2 Å². The average molecular weight is 449 g/mol. The van der Waals surface area contributed by atoms with Gasteiger partial charge in [0.25, 0.3) is 0 Å². The van der Waals surface area contributed by atoms with Crippen LogP contribution in [-0.4, -0.2) is 54.3 Å². The Balaban J connectivity index is 1.37. The fraction of sp³-hybridized carbons (Fsp3) is 0.895. The topological polar surface area (TPSA) is 106 Å². The Morgan fingerprint density at radius 1 is 1.21 bits per heavy atom. The van der Waals surface area contributed by atoms with E-state index < -0.39 is 8.25 Å². The van der Waals surface area contributed by atoms with Crippen molar-refractivity contribution in [2.45, 2.75) is 88.7 Å². The molecule has 2 heterocycles. The van der Waals surface area contributed by atoms with Crippen molar-refractivity contribution in [3.05, 3.63) is 0 Å². The van der Waals surface area contributed by atoms with Crippen molar-refractivity contribution < 1.29 is 23.2 Å². The smallest absolute Gasteiger partial charge is 0.356 e. The van der Waals surface area contributed by atoms with Crippen LogP contribution >= 0.6 is 20.0 Å². The van der Waals surface area contributed by atoms with Gasteiger partial charge < -0.3 is 16.0 Å². The van der Waals surface area contributed by atoms with Crippen LogP contribution in [0, 0.1) is 0 Å². The second kappa shape index (κ2) is 13.4. The highest BCUT2D eigenvalue weighted by atomic mass is 32.2. The molecule has 8 nitrogen and oxygen atoms in total. The fourth-order valence-electron chi connectivity index (χ4n) is 3.51. The zero-order valence-electron chi connectivity index (χ0n) is 17.5. The van der Waals surface area contributed by atoms with Gasteiger partial charge in [-0.3, -0.25) is 4.79 Å². The van der Waals surface area contributed by atoms with Gasteiger partial charge >= 0.3 is 14.3 Å². The molecule has 10 heteroatoms. The largest absolute Gasteiger partial charge is 0.697 e. The molecule has 2 fully saturated rings. The predicted octanol–water partition coefficient (Wildman–Crippen LogP) is 3.49. The zero-order chi connectivity index (χ0) is 21.1. The SMILES string of the molecule is CC(C)O[P+](=O)OCCCCCCNC(=O)CCCC[C@@H]1SC[C@@H]2NC(=O)N[C@@H]21. The molecular weight excluding hydrogens is 413 g/mol. The van der Waals surface area contributed by atoms with Gasteiger partial charge in [-0.2, -0.15) is 11.8 Å². The molecule has 3 N–H and O–H groups in total. The zero-order valence-corrected chi connectivity index (χ0v) is 19.2. The van der Waals surface area contributed by atoms with Gasteiger partial charge in [-0.25, -0.2) is 4.79 Å². The van der Waals surface area contributed by atoms with Gasteiger partial charge in [0.15, 0.2) is 0 Å². The molecule has 29 heavy (non-hydrogen) atoms. The number of carbonyl (C=O) groups is 2. The van der Waals surface area contributed by atoms with Gasteiger partial charge in [-0.05, 0) is 39.5 Å². The standard InChI is InChI=1S/C19H34N3O5PS/c1-14(2)27-28(25)26-12-8-4-3-7-11-20-17(23)10-6-5-9-16-18-15(13-29-16)21-19(24)22-18/h14-16,18H,3-13H2,1-2H3,(H2-,20,21,22,23,24)/p+1/t15-,16-,18-/m0/s1. The van der Waals surface area contributed by atoms with Crippen LogP contribution in [0.15, 0.2) is 0 Å². The third-order valence-electron chi connectivity index (χ3n) is 4.97. The molecule has 1 unspecified atom stereocenters. The van der Waals surface area contributed by atoms with E-state index in [-0.39, 0.29) is 30.1 Å². The molecule has 0 radical (unpaired) electrons. The minimum Gasteiger partial charge on any atom is -0.356 e. The quantitative estimate of drug-likeness (QED) is 0.201. The third-order valence-corrected chi connectivity index (χ3v) is 7.46. The molecule has 0 aromatic carbocycles. The van der Waals surface area contributed by atoms with Gasteiger partial charge in [0.2, 0.25) is 5.91 Å². The van der Waals surface area contributed by atoms with E-state index in [0.29, 0.717) is 24.8 Å². The van der Waals surface area contributed by atoms with Crippen molar-refractivity contribution in [1.82, 2.24) is 16.0 Å². The monoisotopic (exact) mass is 448 g/mol. The average Bonchev–Trinajstić information content (AvgIpc) is 3.19. The highest BCUT2D eigenvalue weighted by molar-refractivity contribution is 8.00. The van der Waals surface area contributed by atoms with E-state index in [1.165, 1.54) is 0 Å². The number of unbranched alkanes of at least 4 members (excludes halogenated alkanes) is 4. The molecule has 0 aromatic heterocycles. The van der Waals surface area contributed by atoms with Crippen molar-refractivity contribution in [3.63, 3.8) is 0 Å². The molecule has 0 aliphatic carbocycles. The number of fused-ring (bicyclic) bond motifs is 1. The van der Waals surface area contributed by atoms with Crippen LogP contribution in [0.3, 0.4) is 0 Å². The van der Waals surface area contributed by atoms with Crippen molar-refractivity contribution in [2.75, 3.05) is 18.9 Å². The van der Waals surface area contributed by atoms with Crippen molar-refractivity contribution in [3.8, 4) is 0 Å². The summed E-state index contributed by atoms with van der Waals surface area (Å²) in [4.78, 5) is 23.3. The van der Waals surface area contributed by atoms with E-state index in [1.807, 2.05) is 25.6 Å². The minimum atomic E-state index is -2.00. The summed E-state index contributed by atoms with van der Waals surface area (Å²) in [5.41, 5.74) is 0. The summed E-state index contributed by atoms with van der Waals surface area (Å²) in [7, 11) is -2.00. The Morgan fingerprint density at radius 2 is 2.00 bits per heavy atom. The van der Waals surface area contributed by atoms with Gasteiger partial charge in [-0.15, -0.1) is 9.05 Å². The highest BCUT2D eigenvalue weighted by Crippen LogP contribution is 2.33. The highest BCUT2D eigenvalue weighted by Gasteiger charge is 2.42. The molecule has 0 aromatic rings. The fourth-order valence-corrected chi connectivity index (χ4v) is 5.74. The van der Waals surface area contributed by atoms with Gasteiger partial charge in [0, 0.05) is 28.5 Å². The van der Waals surface area contributed by atoms with E-state index in [4.69, 9.17) is 9.05 Å². The summed E-state index contributed by atoms with van der Waals surface area (Å²) in [6.07, 6.45) is 7.16. The summed E-state index contributed by atoms with van der Waals surface area (Å²) >= 11 is 1.91. The molecule has 2 saturated heterocycles. The lowest BCUT2D eigenvalue weighted by molar-refractivity contribution is -0.121. The van der Waals surface area contributed by atoms with Gasteiger partial charge in [0.1, 0.15) is 12.7 Å². The second-order valence-corrected chi connectivity index (χ2v) is 10.0. The van der Waals surface area contributed by atoms with E-state index in [0.717, 1.165) is 50.7 Å². The summed E-state index contributed by atoms with van der Waals surface area (Å²) in [6, 6.07) is 0.464. The van der Waals surface area contributed by atoms with E-state index in [1.54, 1.807) is 0 Å². The Bertz CT molecular complexity index is 552. The Kier molecular flexibility index (Phi) is 11.3. The van der Waals surface area contributed by atoms with E-state index in [9.17, 15) is 14.2 Å². The van der Waals surface area contributed by atoms with Crippen LogP contribution in [0.4, 0.5) is 4.79 Å². The van der Waals surface area contributed by atoms with Crippen LogP contribution in [0.2, 0.25) is 0 Å². The molecule has 2 aliphatic heterocycles. The van der Waals surface area contributed by atoms with Crippen molar-refractivity contribution >= 4 is 32.0 Å². The lowest BCUT2D eigenvalue weighted by atomic mass is 10.0. The van der Waals surface area contributed by atoms with Crippen molar-refractivity contribution in [2.24, 2.45) is 0 Å². The molecule has 3 amide bonds. The van der Waals surface area contributed by atoms with Gasteiger partial charge in [0.05, 0.1) is 12.1 Å². The van der Waals surface area contributed by atoms with E-state index in [2.05, 4.69) is 16.0 Å². The maximum atomic E-state index is 11.9. The minimum absolute atomic E-state index is 0.0483. The Labute approximate surface area is 178 Å². The van der Waals surface area contributed by atoms with Crippen molar-refractivity contribution in [1.29, 1.82) is 0 Å². The second-order valence-electron chi connectivity index (χ2n) is 7.84. The van der Waals surface area contributed by atoms with Crippen LogP contribution in [0.5, 0.6) is 0 Å². The number of rotatable bonds is 15. The Hall–Kier alpha value is -0.890. The summed E-state index contributed by atoms with van der Waals surface area (Å²) in [6.45, 7) is 4.78. The number of hydrogen-bond donors (Lipinski definition) is 3. The summed E-state index contributed by atoms with van der Waals surface area (Å²) in [5.74, 6) is 1.09. The normalized spacial score (nSPS) is 23.6. The number of nitrogens with one attached hydrogen (secondary N) is 3. The molecule has 0 saturated carbocycles. The first kappa shape index (κ1) is 24.4. The molecular formula is C19H35N3O5PS+. The number of thioether (sulfide) groups is 1.